The fourth-order valence-corrected chi connectivity index (χ4v) is 4.12. The van der Waals surface area contributed by atoms with E-state index in [9.17, 15) is 4.79 Å². The number of nitrogens with one attached hydrogen (secondary N) is 1. The number of nitrogen functional groups attached to an aromatic ring is 1. The number of carbonyl (C=O) groups is 1. The van der Waals surface area contributed by atoms with Crippen LogP contribution in [0.4, 0.5) is 11.4 Å². The van der Waals surface area contributed by atoms with Gasteiger partial charge in [-0.1, -0.05) is 12.1 Å². The number of allylic oxidation sites excluding steroid dienone is 1. The quantitative estimate of drug-likeness (QED) is 0.681. The van der Waals surface area contributed by atoms with E-state index in [0.717, 1.165) is 23.0 Å². The predicted molar refractivity (Wildman–Crippen MR) is 108 cm³/mol. The highest BCUT2D eigenvalue weighted by molar-refractivity contribution is 8.03. The van der Waals surface area contributed by atoms with E-state index in [1.807, 2.05) is 35.9 Å². The second-order valence-corrected chi connectivity index (χ2v) is 8.15. The number of hydrogen-bond acceptors (Lipinski definition) is 4. The minimum Gasteiger partial charge on any atom is -0.397 e. The number of aromatic nitrogens is 2. The molecule has 0 bridgehead atoms. The molecular formula is C20H20N4OS. The van der Waals surface area contributed by atoms with Crippen LogP contribution < -0.4 is 11.1 Å². The molecule has 6 heteroatoms. The third-order valence-electron chi connectivity index (χ3n) is 4.83. The molecule has 0 saturated carbocycles. The monoisotopic (exact) mass is 364 g/mol. The minimum absolute atomic E-state index is 0.0138. The van der Waals surface area contributed by atoms with Gasteiger partial charge in [-0.2, -0.15) is 0 Å². The number of nitrogens with two attached hydrogens (primary N) is 1. The van der Waals surface area contributed by atoms with Gasteiger partial charge in [-0.15, -0.1) is 11.8 Å². The number of amides is 1. The van der Waals surface area contributed by atoms with Gasteiger partial charge < -0.3 is 15.6 Å². The zero-order chi connectivity index (χ0) is 18.3. The van der Waals surface area contributed by atoms with Gasteiger partial charge in [0.1, 0.15) is 0 Å². The van der Waals surface area contributed by atoms with Crippen molar-refractivity contribution in [3.8, 4) is 0 Å². The normalized spacial score (nSPS) is 19.2. The summed E-state index contributed by atoms with van der Waals surface area (Å²) in [6.45, 7) is 2.20. The van der Waals surface area contributed by atoms with Crippen LogP contribution in [0, 0.1) is 0 Å². The number of thioether (sulfide) groups is 1. The van der Waals surface area contributed by atoms with Crippen LogP contribution in [-0.2, 0) is 11.8 Å². The van der Waals surface area contributed by atoms with Gasteiger partial charge in [-0.25, -0.2) is 4.98 Å². The molecule has 132 valence electrons. The van der Waals surface area contributed by atoms with Gasteiger partial charge in [0.15, 0.2) is 0 Å². The van der Waals surface area contributed by atoms with E-state index in [1.54, 1.807) is 30.2 Å². The molecule has 2 aromatic carbocycles. The van der Waals surface area contributed by atoms with Crippen molar-refractivity contribution in [2.75, 3.05) is 11.1 Å². The third-order valence-corrected chi connectivity index (χ3v) is 6.08. The molecule has 2 heterocycles. The molecule has 0 fully saturated rings. The van der Waals surface area contributed by atoms with Gasteiger partial charge in [-0.05, 0) is 54.6 Å². The molecule has 0 aliphatic carbocycles. The van der Waals surface area contributed by atoms with Crippen molar-refractivity contribution >= 4 is 40.1 Å². The Labute approximate surface area is 156 Å². The summed E-state index contributed by atoms with van der Waals surface area (Å²) in [7, 11) is 1.93. The molecule has 0 saturated heterocycles. The Kier molecular flexibility index (Phi) is 4.00. The zero-order valence-corrected chi connectivity index (χ0v) is 15.5. The van der Waals surface area contributed by atoms with E-state index in [1.165, 1.54) is 0 Å². The molecule has 1 unspecified atom stereocenters. The Hall–Kier alpha value is -2.73. The number of anilines is 2. The summed E-state index contributed by atoms with van der Waals surface area (Å²) in [6, 6.07) is 11.4. The highest BCUT2D eigenvalue weighted by atomic mass is 32.2. The lowest BCUT2D eigenvalue weighted by molar-refractivity contribution is 0.102. The van der Waals surface area contributed by atoms with Crippen LogP contribution in [0.1, 0.15) is 29.3 Å². The molecule has 0 radical (unpaired) electrons. The van der Waals surface area contributed by atoms with E-state index in [-0.39, 0.29) is 10.7 Å². The summed E-state index contributed by atoms with van der Waals surface area (Å²) in [5.41, 5.74) is 10.8. The number of carbonyl (C=O) groups excluding carboxylic acids is 1. The van der Waals surface area contributed by atoms with Crippen molar-refractivity contribution in [1.82, 2.24) is 9.55 Å². The molecule has 3 N–H and O–H groups in total. The average Bonchev–Trinajstić information content (AvgIpc) is 3.23. The summed E-state index contributed by atoms with van der Waals surface area (Å²) in [5.74, 6) is -0.191. The van der Waals surface area contributed by atoms with Crippen molar-refractivity contribution < 1.29 is 4.79 Å². The average molecular weight is 364 g/mol. The lowest BCUT2D eigenvalue weighted by Gasteiger charge is -2.24. The molecule has 26 heavy (non-hydrogen) atoms. The fraction of sp³-hybridized carbons (Fsp3) is 0.200. The van der Waals surface area contributed by atoms with Crippen molar-refractivity contribution in [2.45, 2.75) is 18.1 Å². The Morgan fingerprint density at radius 3 is 2.92 bits per heavy atom. The van der Waals surface area contributed by atoms with Crippen LogP contribution in [-0.4, -0.2) is 15.5 Å². The summed E-state index contributed by atoms with van der Waals surface area (Å²) in [4.78, 5) is 17.0. The second kappa shape index (κ2) is 6.21. The largest absolute Gasteiger partial charge is 0.397 e. The Balaban J connectivity index is 1.62. The van der Waals surface area contributed by atoms with E-state index < -0.39 is 0 Å². The predicted octanol–water partition coefficient (Wildman–Crippen LogP) is 4.27. The first-order valence-electron chi connectivity index (χ1n) is 8.41. The first-order chi connectivity index (χ1) is 12.5. The number of aryl methyl sites for hydroxylation is 1. The molecule has 5 nitrogen and oxygen atoms in total. The van der Waals surface area contributed by atoms with E-state index in [2.05, 4.69) is 28.7 Å². The lowest BCUT2D eigenvalue weighted by Crippen LogP contribution is -2.16. The minimum atomic E-state index is -0.191. The van der Waals surface area contributed by atoms with Crippen molar-refractivity contribution in [3.05, 3.63) is 65.3 Å². The van der Waals surface area contributed by atoms with Crippen LogP contribution in [0.15, 0.2) is 54.2 Å². The van der Waals surface area contributed by atoms with E-state index in [4.69, 9.17) is 5.73 Å². The Bertz CT molecular complexity index is 1030. The fourth-order valence-electron chi connectivity index (χ4n) is 3.17. The van der Waals surface area contributed by atoms with Crippen LogP contribution >= 0.6 is 11.8 Å². The SMILES string of the molecule is Cn1cnc2cc(C(=O)Nc3cc(C4(C)CC=CS4)ccc3N)ccc21. The lowest BCUT2D eigenvalue weighted by atomic mass is 9.96. The smallest absolute Gasteiger partial charge is 0.255 e. The molecule has 1 aliphatic heterocycles. The standard InChI is InChI=1S/C20H20N4OS/c1-20(8-3-9-26-20)14-5-6-15(21)16(11-14)23-19(25)13-4-7-18-17(10-13)22-12-24(18)2/h3-7,9-12H,8,21H2,1-2H3,(H,23,25). The number of fused-ring (bicyclic) bond motifs is 1. The highest BCUT2D eigenvalue weighted by Gasteiger charge is 2.29. The summed E-state index contributed by atoms with van der Waals surface area (Å²) < 4.78 is 1.91. The summed E-state index contributed by atoms with van der Waals surface area (Å²) >= 11 is 1.79. The molecule has 1 aliphatic rings. The molecular weight excluding hydrogens is 344 g/mol. The Morgan fingerprint density at radius 1 is 1.31 bits per heavy atom. The van der Waals surface area contributed by atoms with Crippen LogP contribution in [0.2, 0.25) is 0 Å². The molecule has 1 amide bonds. The number of nitrogens with zero attached hydrogens (tertiary/aromatic N) is 2. The topological polar surface area (TPSA) is 72.9 Å². The highest BCUT2D eigenvalue weighted by Crippen LogP contribution is 2.45. The first kappa shape index (κ1) is 16.7. The van der Waals surface area contributed by atoms with Gasteiger partial charge >= 0.3 is 0 Å². The number of benzene rings is 2. The van der Waals surface area contributed by atoms with Crippen molar-refractivity contribution in [1.29, 1.82) is 0 Å². The van der Waals surface area contributed by atoms with Crippen LogP contribution in [0.3, 0.4) is 0 Å². The first-order valence-corrected chi connectivity index (χ1v) is 9.29. The van der Waals surface area contributed by atoms with Gasteiger partial charge in [0, 0.05) is 17.4 Å². The van der Waals surface area contributed by atoms with E-state index in [0.29, 0.717) is 16.9 Å². The molecule has 0 spiro atoms. The maximum absolute atomic E-state index is 12.7. The number of rotatable bonds is 3. The maximum Gasteiger partial charge on any atom is 0.255 e. The number of imidazole rings is 1. The van der Waals surface area contributed by atoms with Gasteiger partial charge in [0.2, 0.25) is 0 Å². The summed E-state index contributed by atoms with van der Waals surface area (Å²) in [6.07, 6.45) is 4.87. The van der Waals surface area contributed by atoms with E-state index >= 15 is 0 Å². The molecule has 1 atom stereocenters. The van der Waals surface area contributed by atoms with Gasteiger partial charge in [0.25, 0.3) is 5.91 Å². The van der Waals surface area contributed by atoms with Gasteiger partial charge in [0.05, 0.1) is 28.7 Å². The maximum atomic E-state index is 12.7. The van der Waals surface area contributed by atoms with Crippen molar-refractivity contribution in [2.24, 2.45) is 7.05 Å². The van der Waals surface area contributed by atoms with Gasteiger partial charge in [-0.3, -0.25) is 4.79 Å². The molecule has 3 aromatic rings. The zero-order valence-electron chi connectivity index (χ0n) is 14.7. The number of hydrogen-bond donors (Lipinski definition) is 2. The van der Waals surface area contributed by atoms with Crippen LogP contribution in [0.5, 0.6) is 0 Å². The molecule has 4 rings (SSSR count). The van der Waals surface area contributed by atoms with Crippen molar-refractivity contribution in [3.63, 3.8) is 0 Å². The second-order valence-electron chi connectivity index (χ2n) is 6.74. The van der Waals surface area contributed by atoms with Crippen LogP contribution in [0.25, 0.3) is 11.0 Å². The molecule has 1 aromatic heterocycles. The Morgan fingerprint density at radius 2 is 2.15 bits per heavy atom. The summed E-state index contributed by atoms with van der Waals surface area (Å²) in [5, 5.41) is 5.07. The third kappa shape index (κ3) is 2.86.